The molecule has 0 aliphatic heterocycles. The van der Waals surface area contributed by atoms with Gasteiger partial charge < -0.3 is 14.7 Å². The van der Waals surface area contributed by atoms with E-state index in [-0.39, 0.29) is 17.6 Å². The molecular weight excluding hydrogens is 428 g/mol. The van der Waals surface area contributed by atoms with E-state index in [4.69, 9.17) is 33.7 Å². The molecule has 8 heteroatoms. The molecule has 0 radical (unpaired) electrons. The van der Waals surface area contributed by atoms with E-state index in [2.05, 4.69) is 5.32 Å². The average molecular weight is 449 g/mol. The molecule has 1 heterocycles. The number of carbonyl (C=O) groups excluding carboxylic acids is 1. The maximum atomic E-state index is 12.9. The number of hydrogen-bond donors (Lipinski definition) is 2. The van der Waals surface area contributed by atoms with Crippen molar-refractivity contribution in [3.05, 3.63) is 58.4 Å². The van der Waals surface area contributed by atoms with Crippen molar-refractivity contribution in [3.8, 4) is 5.75 Å². The SMILES string of the molecule is COc1cccc(N(CCCCO)C(=S)NC(=O)c2sc3ccccc3c2Cl)c1. The lowest BCUT2D eigenvalue weighted by molar-refractivity contribution is 0.0981. The molecule has 1 aromatic heterocycles. The Morgan fingerprint density at radius 2 is 2.03 bits per heavy atom. The van der Waals surface area contributed by atoms with Crippen molar-refractivity contribution < 1.29 is 14.6 Å². The van der Waals surface area contributed by atoms with Crippen molar-refractivity contribution in [1.29, 1.82) is 0 Å². The molecule has 0 aliphatic carbocycles. The van der Waals surface area contributed by atoms with Crippen LogP contribution in [-0.2, 0) is 0 Å². The molecule has 1 amide bonds. The molecule has 0 atom stereocenters. The Balaban J connectivity index is 1.82. The van der Waals surface area contributed by atoms with Gasteiger partial charge in [0.15, 0.2) is 5.11 Å². The highest BCUT2D eigenvalue weighted by molar-refractivity contribution is 7.80. The first-order chi connectivity index (χ1) is 14.0. The zero-order valence-electron chi connectivity index (χ0n) is 15.9. The summed E-state index contributed by atoms with van der Waals surface area (Å²) in [6, 6.07) is 15.1. The number of fused-ring (bicyclic) bond motifs is 1. The number of nitrogens with zero attached hydrogens (tertiary/aromatic N) is 1. The molecule has 29 heavy (non-hydrogen) atoms. The minimum Gasteiger partial charge on any atom is -0.497 e. The molecule has 0 aliphatic rings. The molecule has 3 aromatic rings. The molecular formula is C21H21ClN2O3S2. The molecule has 0 fully saturated rings. The van der Waals surface area contributed by atoms with Gasteiger partial charge in [0.25, 0.3) is 5.91 Å². The number of hydrogen-bond acceptors (Lipinski definition) is 5. The second kappa shape index (κ2) is 10.0. The highest BCUT2D eigenvalue weighted by Gasteiger charge is 2.21. The topological polar surface area (TPSA) is 61.8 Å². The lowest BCUT2D eigenvalue weighted by atomic mass is 10.2. The quantitative estimate of drug-likeness (QED) is 0.399. The van der Waals surface area contributed by atoms with Crippen molar-refractivity contribution in [3.63, 3.8) is 0 Å². The van der Waals surface area contributed by atoms with Gasteiger partial charge >= 0.3 is 0 Å². The Bertz CT molecular complexity index is 1020. The number of benzene rings is 2. The molecule has 5 nitrogen and oxygen atoms in total. The van der Waals surface area contributed by atoms with Crippen molar-refractivity contribution >= 4 is 61.9 Å². The number of aliphatic hydroxyl groups is 1. The summed E-state index contributed by atoms with van der Waals surface area (Å²) in [6.45, 7) is 0.648. The molecule has 0 unspecified atom stereocenters. The van der Waals surface area contributed by atoms with E-state index in [1.807, 2.05) is 53.4 Å². The second-order valence-corrected chi connectivity index (χ2v) is 8.10. The lowest BCUT2D eigenvalue weighted by Gasteiger charge is -2.25. The van der Waals surface area contributed by atoms with E-state index >= 15 is 0 Å². The third-order valence-electron chi connectivity index (χ3n) is 4.36. The lowest BCUT2D eigenvalue weighted by Crippen LogP contribution is -2.43. The second-order valence-electron chi connectivity index (χ2n) is 6.28. The maximum Gasteiger partial charge on any atom is 0.269 e. The molecule has 152 valence electrons. The molecule has 2 aromatic carbocycles. The van der Waals surface area contributed by atoms with Crippen LogP contribution in [-0.4, -0.2) is 36.4 Å². The molecule has 2 N–H and O–H groups in total. The fraction of sp³-hybridized carbons (Fsp3) is 0.238. The van der Waals surface area contributed by atoms with Crippen molar-refractivity contribution in [1.82, 2.24) is 5.32 Å². The van der Waals surface area contributed by atoms with E-state index in [9.17, 15) is 4.79 Å². The summed E-state index contributed by atoms with van der Waals surface area (Å²) in [4.78, 5) is 15.1. The number of rotatable bonds is 7. The summed E-state index contributed by atoms with van der Waals surface area (Å²) in [5.74, 6) is 0.354. The Labute approximate surface area is 183 Å². The van der Waals surface area contributed by atoms with Crippen LogP contribution in [0.15, 0.2) is 48.5 Å². The van der Waals surface area contributed by atoms with Crippen LogP contribution in [0.2, 0.25) is 5.02 Å². The highest BCUT2D eigenvalue weighted by Crippen LogP contribution is 2.35. The number of carbonyl (C=O) groups is 1. The summed E-state index contributed by atoms with van der Waals surface area (Å²) < 4.78 is 6.24. The van der Waals surface area contributed by atoms with Crippen LogP contribution in [0.1, 0.15) is 22.5 Å². The fourth-order valence-electron chi connectivity index (χ4n) is 2.89. The predicted octanol–water partition coefficient (Wildman–Crippen LogP) is 4.86. The minimum atomic E-state index is -0.337. The van der Waals surface area contributed by atoms with Crippen LogP contribution in [0.4, 0.5) is 5.69 Å². The van der Waals surface area contributed by atoms with Crippen molar-refractivity contribution in [2.24, 2.45) is 0 Å². The van der Waals surface area contributed by atoms with E-state index in [1.54, 1.807) is 7.11 Å². The molecule has 0 spiro atoms. The van der Waals surface area contributed by atoms with Gasteiger partial charge in [-0.05, 0) is 43.3 Å². The van der Waals surface area contributed by atoms with E-state index < -0.39 is 0 Å². The number of thiophene rings is 1. The molecule has 0 saturated heterocycles. The number of nitrogens with one attached hydrogen (secondary N) is 1. The van der Waals surface area contributed by atoms with Gasteiger partial charge in [-0.15, -0.1) is 11.3 Å². The first-order valence-electron chi connectivity index (χ1n) is 9.10. The molecule has 0 bridgehead atoms. The third-order valence-corrected chi connectivity index (χ3v) is 6.36. The van der Waals surface area contributed by atoms with Crippen LogP contribution < -0.4 is 15.0 Å². The van der Waals surface area contributed by atoms with Crippen molar-refractivity contribution in [2.75, 3.05) is 25.2 Å². The van der Waals surface area contributed by atoms with Crippen LogP contribution in [0, 0.1) is 0 Å². The van der Waals surface area contributed by atoms with Gasteiger partial charge in [-0.1, -0.05) is 35.9 Å². The third kappa shape index (κ3) is 5.05. The van der Waals surface area contributed by atoms with Gasteiger partial charge in [-0.3, -0.25) is 10.1 Å². The Hall–Kier alpha value is -2.19. The summed E-state index contributed by atoms with van der Waals surface area (Å²) in [7, 11) is 1.60. The van der Waals surface area contributed by atoms with Gasteiger partial charge in [0.05, 0.1) is 12.1 Å². The predicted molar refractivity (Wildman–Crippen MR) is 124 cm³/mol. The first kappa shape index (κ1) is 21.5. The first-order valence-corrected chi connectivity index (χ1v) is 10.7. The Morgan fingerprint density at radius 1 is 1.24 bits per heavy atom. The monoisotopic (exact) mass is 448 g/mol. The van der Waals surface area contributed by atoms with E-state index in [0.717, 1.165) is 15.8 Å². The summed E-state index contributed by atoms with van der Waals surface area (Å²) in [5, 5.41) is 13.5. The number of methoxy groups -OCH3 is 1. The van der Waals surface area contributed by atoms with Crippen molar-refractivity contribution in [2.45, 2.75) is 12.8 Å². The maximum absolute atomic E-state index is 12.9. The largest absolute Gasteiger partial charge is 0.497 e. The summed E-state index contributed by atoms with van der Waals surface area (Å²) >= 11 is 13.3. The van der Waals surface area contributed by atoms with Gasteiger partial charge in [0, 0.05) is 35.0 Å². The number of anilines is 1. The normalized spacial score (nSPS) is 10.7. The van der Waals surface area contributed by atoms with Crippen LogP contribution in [0.25, 0.3) is 10.1 Å². The highest BCUT2D eigenvalue weighted by atomic mass is 35.5. The number of thiocarbonyl (C=S) groups is 1. The minimum absolute atomic E-state index is 0.0997. The Morgan fingerprint density at radius 3 is 2.76 bits per heavy atom. The molecule has 0 saturated carbocycles. The number of aliphatic hydroxyl groups excluding tert-OH is 1. The van der Waals surface area contributed by atoms with E-state index in [0.29, 0.717) is 35.0 Å². The van der Waals surface area contributed by atoms with Crippen LogP contribution in [0.5, 0.6) is 5.75 Å². The van der Waals surface area contributed by atoms with Gasteiger partial charge in [0.1, 0.15) is 10.6 Å². The number of amides is 1. The Kier molecular flexibility index (Phi) is 7.44. The number of unbranched alkanes of at least 4 members (excludes halogenated alkanes) is 1. The summed E-state index contributed by atoms with van der Waals surface area (Å²) in [5.41, 5.74) is 0.801. The van der Waals surface area contributed by atoms with Gasteiger partial charge in [0.2, 0.25) is 0 Å². The number of halogens is 1. The smallest absolute Gasteiger partial charge is 0.269 e. The summed E-state index contributed by atoms with van der Waals surface area (Å²) in [6.07, 6.45) is 1.35. The fourth-order valence-corrected chi connectivity index (χ4v) is 4.59. The average Bonchev–Trinajstić information content (AvgIpc) is 3.08. The zero-order valence-corrected chi connectivity index (χ0v) is 18.2. The van der Waals surface area contributed by atoms with Crippen LogP contribution in [0.3, 0.4) is 0 Å². The number of ether oxygens (including phenoxy) is 1. The zero-order chi connectivity index (χ0) is 20.8. The molecule has 3 rings (SSSR count). The standard InChI is InChI=1S/C21H21ClN2O3S2/c1-27-15-8-6-7-14(13-15)24(11-4-5-12-25)21(28)23-20(26)19-18(22)16-9-2-3-10-17(16)29-19/h2-3,6-10,13,25H,4-5,11-12H2,1H3,(H,23,26,28). The van der Waals surface area contributed by atoms with Crippen LogP contribution >= 0.6 is 35.2 Å². The van der Waals surface area contributed by atoms with E-state index in [1.165, 1.54) is 11.3 Å². The van der Waals surface area contributed by atoms with Gasteiger partial charge in [-0.25, -0.2) is 0 Å². The van der Waals surface area contributed by atoms with Gasteiger partial charge in [-0.2, -0.15) is 0 Å².